The number of nitrogens with zero attached hydrogens (tertiary/aromatic N) is 1. The number of rotatable bonds is 4. The Morgan fingerprint density at radius 3 is 2.86 bits per heavy atom. The normalized spacial score (nSPS) is 18.0. The van der Waals surface area contributed by atoms with Crippen molar-refractivity contribution in [1.82, 2.24) is 4.98 Å². The minimum Gasteiger partial charge on any atom is -0.496 e. The van der Waals surface area contributed by atoms with Crippen LogP contribution in [0.3, 0.4) is 0 Å². The van der Waals surface area contributed by atoms with Gasteiger partial charge in [0.2, 0.25) is 0 Å². The molecule has 2 aromatic carbocycles. The van der Waals surface area contributed by atoms with Crippen molar-refractivity contribution >= 4 is 28.3 Å². The molecule has 1 aliphatic rings. The molecule has 2 heterocycles. The lowest BCUT2D eigenvalue weighted by Gasteiger charge is -2.32. The lowest BCUT2D eigenvalue weighted by Crippen LogP contribution is -2.48. The van der Waals surface area contributed by atoms with Gasteiger partial charge in [-0.15, -0.1) is 11.3 Å². The number of carbonyl (C=O) groups excluding carboxylic acids is 2. The summed E-state index contributed by atoms with van der Waals surface area (Å²) in [5.74, 6) is -0.958. The van der Waals surface area contributed by atoms with Crippen molar-refractivity contribution in [2.45, 2.75) is 18.9 Å². The molecule has 1 amide bonds. The highest BCUT2D eigenvalue weighted by molar-refractivity contribution is 7.14. The van der Waals surface area contributed by atoms with Crippen LogP contribution in [0.2, 0.25) is 0 Å². The van der Waals surface area contributed by atoms with Crippen LogP contribution in [0.1, 0.15) is 22.8 Å². The SMILES string of the molecule is COc1ccc(F)cc1-c1csc(NC(=O)C2(C)Cc3ccccc3C(=O)O2)n1. The van der Waals surface area contributed by atoms with Gasteiger partial charge < -0.3 is 9.47 Å². The van der Waals surface area contributed by atoms with Crippen molar-refractivity contribution in [2.75, 3.05) is 12.4 Å². The number of fused-ring (bicyclic) bond motifs is 1. The number of hydrogen-bond acceptors (Lipinski definition) is 6. The Labute approximate surface area is 170 Å². The number of anilines is 1. The van der Waals surface area contributed by atoms with Gasteiger partial charge in [-0.05, 0) is 36.8 Å². The van der Waals surface area contributed by atoms with Gasteiger partial charge in [0, 0.05) is 17.4 Å². The molecule has 8 heteroatoms. The summed E-state index contributed by atoms with van der Waals surface area (Å²) in [6, 6.07) is 11.2. The summed E-state index contributed by atoms with van der Waals surface area (Å²) >= 11 is 1.19. The van der Waals surface area contributed by atoms with E-state index in [2.05, 4.69) is 10.3 Å². The lowest BCUT2D eigenvalue weighted by molar-refractivity contribution is -0.134. The minimum absolute atomic E-state index is 0.261. The first-order valence-electron chi connectivity index (χ1n) is 8.82. The molecule has 3 aromatic rings. The van der Waals surface area contributed by atoms with Gasteiger partial charge in [0.15, 0.2) is 10.7 Å². The lowest BCUT2D eigenvalue weighted by atomic mass is 9.89. The number of hydrogen-bond donors (Lipinski definition) is 1. The molecule has 1 atom stereocenters. The third kappa shape index (κ3) is 3.58. The van der Waals surface area contributed by atoms with Crippen molar-refractivity contribution in [1.29, 1.82) is 0 Å². The molecule has 1 unspecified atom stereocenters. The van der Waals surface area contributed by atoms with Gasteiger partial charge in [0.05, 0.1) is 18.4 Å². The van der Waals surface area contributed by atoms with E-state index < -0.39 is 23.3 Å². The van der Waals surface area contributed by atoms with Crippen molar-refractivity contribution in [2.24, 2.45) is 0 Å². The first-order valence-corrected chi connectivity index (χ1v) is 9.70. The maximum atomic E-state index is 13.6. The monoisotopic (exact) mass is 412 g/mol. The second kappa shape index (κ2) is 7.29. The predicted octanol–water partition coefficient (Wildman–Crippen LogP) is 4.07. The largest absolute Gasteiger partial charge is 0.496 e. The molecule has 0 saturated heterocycles. The summed E-state index contributed by atoms with van der Waals surface area (Å²) in [7, 11) is 1.49. The molecule has 0 aliphatic carbocycles. The fourth-order valence-electron chi connectivity index (χ4n) is 3.22. The predicted molar refractivity (Wildman–Crippen MR) is 107 cm³/mol. The zero-order valence-corrected chi connectivity index (χ0v) is 16.5. The van der Waals surface area contributed by atoms with Crippen LogP contribution in [-0.2, 0) is 16.0 Å². The van der Waals surface area contributed by atoms with Crippen molar-refractivity contribution in [3.05, 3.63) is 64.8 Å². The quantitative estimate of drug-likeness (QED) is 0.654. The standard InChI is InChI=1S/C21H17FN2O4S/c1-21(10-12-5-3-4-6-14(12)18(25)28-21)19(26)24-20-23-16(11-29-20)15-9-13(22)7-8-17(15)27-2/h3-9,11H,10H2,1-2H3,(H,23,24,26). The fraction of sp³-hybridized carbons (Fsp3) is 0.190. The number of methoxy groups -OCH3 is 1. The molecule has 1 aromatic heterocycles. The Kier molecular flexibility index (Phi) is 4.79. The van der Waals surface area contributed by atoms with Gasteiger partial charge >= 0.3 is 5.97 Å². The summed E-state index contributed by atoms with van der Waals surface area (Å²) in [5.41, 5.74) is 0.817. The molecule has 1 aliphatic heterocycles. The van der Waals surface area contributed by atoms with Crippen LogP contribution in [-0.4, -0.2) is 29.6 Å². The number of aromatic nitrogens is 1. The van der Waals surface area contributed by atoms with E-state index in [1.807, 2.05) is 6.07 Å². The van der Waals surface area contributed by atoms with Crippen LogP contribution in [0.4, 0.5) is 9.52 Å². The van der Waals surface area contributed by atoms with E-state index in [0.29, 0.717) is 27.7 Å². The van der Waals surface area contributed by atoms with Crippen molar-refractivity contribution < 1.29 is 23.5 Å². The smallest absolute Gasteiger partial charge is 0.339 e. The van der Waals surface area contributed by atoms with Gasteiger partial charge in [-0.1, -0.05) is 18.2 Å². The molecule has 0 fully saturated rings. The molecule has 29 heavy (non-hydrogen) atoms. The second-order valence-corrected chi connectivity index (χ2v) is 7.65. The zero-order valence-electron chi connectivity index (χ0n) is 15.7. The molecule has 0 radical (unpaired) electrons. The molecular formula is C21H17FN2O4S. The molecule has 6 nitrogen and oxygen atoms in total. The molecule has 0 spiro atoms. The fourth-order valence-corrected chi connectivity index (χ4v) is 3.93. The van der Waals surface area contributed by atoms with Crippen molar-refractivity contribution in [3.8, 4) is 17.0 Å². The number of thiazole rings is 1. The van der Waals surface area contributed by atoms with Crippen LogP contribution in [0.25, 0.3) is 11.3 Å². The van der Waals surface area contributed by atoms with Crippen LogP contribution in [0, 0.1) is 5.82 Å². The summed E-state index contributed by atoms with van der Waals surface area (Å²) < 4.78 is 24.3. The Balaban J connectivity index is 1.56. The first-order chi connectivity index (χ1) is 13.9. The average Bonchev–Trinajstić information content (AvgIpc) is 3.16. The third-order valence-corrected chi connectivity index (χ3v) is 5.48. The number of carbonyl (C=O) groups is 2. The summed E-state index contributed by atoms with van der Waals surface area (Å²) in [5, 5.41) is 4.71. The highest BCUT2D eigenvalue weighted by atomic mass is 32.1. The van der Waals surface area contributed by atoms with Crippen LogP contribution >= 0.6 is 11.3 Å². The van der Waals surface area contributed by atoms with Crippen LogP contribution in [0.15, 0.2) is 47.8 Å². The maximum absolute atomic E-state index is 13.6. The topological polar surface area (TPSA) is 77.5 Å². The Hall–Kier alpha value is -3.26. The average molecular weight is 412 g/mol. The van der Waals surface area contributed by atoms with Gasteiger partial charge in [-0.3, -0.25) is 10.1 Å². The Morgan fingerprint density at radius 2 is 2.07 bits per heavy atom. The number of cyclic esters (lactones) is 1. The molecule has 1 N–H and O–H groups in total. The molecule has 148 valence electrons. The van der Waals surface area contributed by atoms with Gasteiger partial charge in [0.25, 0.3) is 5.91 Å². The highest BCUT2D eigenvalue weighted by Crippen LogP contribution is 2.34. The highest BCUT2D eigenvalue weighted by Gasteiger charge is 2.42. The zero-order chi connectivity index (χ0) is 20.6. The summed E-state index contributed by atoms with van der Waals surface area (Å²) in [6.45, 7) is 1.57. The van der Waals surface area contributed by atoms with Gasteiger partial charge in [0.1, 0.15) is 11.6 Å². The van der Waals surface area contributed by atoms with Gasteiger partial charge in [-0.25, -0.2) is 14.2 Å². The minimum atomic E-state index is -1.35. The second-order valence-electron chi connectivity index (χ2n) is 6.79. The maximum Gasteiger partial charge on any atom is 0.339 e. The van der Waals surface area contributed by atoms with E-state index in [0.717, 1.165) is 5.56 Å². The van der Waals surface area contributed by atoms with E-state index >= 15 is 0 Å². The van der Waals surface area contributed by atoms with Crippen LogP contribution < -0.4 is 10.1 Å². The molecular weight excluding hydrogens is 395 g/mol. The van der Waals surface area contributed by atoms with E-state index in [1.165, 1.54) is 36.6 Å². The molecule has 0 saturated carbocycles. The molecule has 0 bridgehead atoms. The van der Waals surface area contributed by atoms with E-state index in [9.17, 15) is 14.0 Å². The number of amides is 1. The Bertz CT molecular complexity index is 1110. The third-order valence-electron chi connectivity index (χ3n) is 4.73. The number of esters is 1. The van der Waals surface area contributed by atoms with E-state index in [1.54, 1.807) is 30.5 Å². The number of nitrogens with one attached hydrogen (secondary N) is 1. The van der Waals surface area contributed by atoms with Gasteiger partial charge in [-0.2, -0.15) is 0 Å². The van der Waals surface area contributed by atoms with E-state index in [-0.39, 0.29) is 6.42 Å². The molecule has 4 rings (SSSR count). The Morgan fingerprint density at radius 1 is 1.28 bits per heavy atom. The van der Waals surface area contributed by atoms with Crippen molar-refractivity contribution in [3.63, 3.8) is 0 Å². The summed E-state index contributed by atoms with van der Waals surface area (Å²) in [6.07, 6.45) is 0.261. The number of halogens is 1. The van der Waals surface area contributed by atoms with Crippen LogP contribution in [0.5, 0.6) is 5.75 Å². The first kappa shape index (κ1) is 19.1. The number of ether oxygens (including phenoxy) is 2. The summed E-state index contributed by atoms with van der Waals surface area (Å²) in [4.78, 5) is 29.5. The van der Waals surface area contributed by atoms with E-state index in [4.69, 9.17) is 9.47 Å². The number of benzene rings is 2.